The van der Waals surface area contributed by atoms with E-state index in [2.05, 4.69) is 12.1 Å². The lowest BCUT2D eigenvalue weighted by atomic mass is 9.77. The highest BCUT2D eigenvalue weighted by Crippen LogP contribution is 2.33. The summed E-state index contributed by atoms with van der Waals surface area (Å²) in [4.78, 5) is 9.81. The molecule has 0 N–H and O–H groups in total. The Labute approximate surface area is 55.6 Å². The summed E-state index contributed by atoms with van der Waals surface area (Å²) in [6.07, 6.45) is 3.99. The normalized spacial score (nSPS) is 22.8. The zero-order chi connectivity index (χ0) is 6.69. The van der Waals surface area contributed by atoms with E-state index in [0.29, 0.717) is 12.5 Å². The highest BCUT2D eigenvalue weighted by Gasteiger charge is 2.23. The molecule has 0 heterocycles. The zero-order valence-corrected chi connectivity index (χ0v) is 5.84. The van der Waals surface area contributed by atoms with Crippen LogP contribution in [0, 0.1) is 16.7 Å². The van der Waals surface area contributed by atoms with E-state index >= 15 is 0 Å². The van der Waals surface area contributed by atoms with E-state index in [0.717, 1.165) is 5.92 Å². The quantitative estimate of drug-likeness (QED) is 0.534. The first-order chi connectivity index (χ1) is 4.34. The molecule has 0 radical (unpaired) electrons. The molecule has 9 heavy (non-hydrogen) atoms. The minimum Gasteiger partial charge on any atom is -0.151 e. The lowest BCUT2D eigenvalue weighted by molar-refractivity contribution is 0.225. The number of hydrogen-bond donors (Lipinski definition) is 0. The molecular weight excluding hydrogens is 114 g/mol. The molecule has 0 aliphatic heterocycles. The fourth-order valence-corrected chi connectivity index (χ4v) is 1.28. The number of rotatable bonds is 3. The molecule has 1 rings (SSSR count). The predicted octanol–water partition coefficient (Wildman–Crippen LogP) is 2.19. The largest absolute Gasteiger partial charge is 0.151 e. The molecule has 52 valence electrons. The third-order valence-corrected chi connectivity index (χ3v) is 2.32. The van der Waals surface area contributed by atoms with Gasteiger partial charge in [0.2, 0.25) is 0 Å². The molecule has 1 aliphatic rings. The standard InChI is InChI=1S/C7H13NO/c1-6(5-8-9)7-3-2-4-7/h6-7H,2-5H2,1H3. The van der Waals surface area contributed by atoms with E-state index in [1.54, 1.807) is 0 Å². The summed E-state index contributed by atoms with van der Waals surface area (Å²) in [5.41, 5.74) is 0. The van der Waals surface area contributed by atoms with Crippen LogP contribution in [-0.2, 0) is 0 Å². The van der Waals surface area contributed by atoms with Crippen LogP contribution < -0.4 is 0 Å². The molecule has 0 aromatic rings. The van der Waals surface area contributed by atoms with E-state index in [4.69, 9.17) is 0 Å². The van der Waals surface area contributed by atoms with Gasteiger partial charge in [0.25, 0.3) is 0 Å². The van der Waals surface area contributed by atoms with Crippen molar-refractivity contribution in [3.05, 3.63) is 4.91 Å². The SMILES string of the molecule is CC(CN=O)C1CCC1. The van der Waals surface area contributed by atoms with Gasteiger partial charge in [-0.25, -0.2) is 0 Å². The third-order valence-electron chi connectivity index (χ3n) is 2.32. The molecule has 2 nitrogen and oxygen atoms in total. The summed E-state index contributed by atoms with van der Waals surface area (Å²) >= 11 is 0. The molecule has 1 atom stereocenters. The highest BCUT2D eigenvalue weighted by molar-refractivity contribution is 4.75. The van der Waals surface area contributed by atoms with E-state index in [9.17, 15) is 4.91 Å². The Morgan fingerprint density at radius 1 is 1.67 bits per heavy atom. The second-order valence-corrected chi connectivity index (χ2v) is 2.98. The van der Waals surface area contributed by atoms with Crippen molar-refractivity contribution in [2.24, 2.45) is 17.0 Å². The topological polar surface area (TPSA) is 29.4 Å². The molecule has 2 heteroatoms. The van der Waals surface area contributed by atoms with Crippen LogP contribution >= 0.6 is 0 Å². The first kappa shape index (κ1) is 6.72. The van der Waals surface area contributed by atoms with Crippen molar-refractivity contribution in [2.75, 3.05) is 6.54 Å². The van der Waals surface area contributed by atoms with Crippen LogP contribution in [0.2, 0.25) is 0 Å². The maximum atomic E-state index is 9.81. The van der Waals surface area contributed by atoms with E-state index in [1.165, 1.54) is 19.3 Å². The van der Waals surface area contributed by atoms with Crippen molar-refractivity contribution in [2.45, 2.75) is 26.2 Å². The Hall–Kier alpha value is -0.400. The predicted molar refractivity (Wildman–Crippen MR) is 37.2 cm³/mol. The van der Waals surface area contributed by atoms with Gasteiger partial charge in [-0.05, 0) is 11.8 Å². The van der Waals surface area contributed by atoms with E-state index in [1.807, 2.05) is 0 Å². The molecular formula is C7H13NO. The zero-order valence-electron chi connectivity index (χ0n) is 5.84. The Bertz CT molecular complexity index is 99.1. The second kappa shape index (κ2) is 2.95. The lowest BCUT2D eigenvalue weighted by Crippen LogP contribution is -2.21. The van der Waals surface area contributed by atoms with Crippen molar-refractivity contribution in [3.8, 4) is 0 Å². The fourth-order valence-electron chi connectivity index (χ4n) is 1.28. The molecule has 0 bridgehead atoms. The molecule has 0 aromatic heterocycles. The summed E-state index contributed by atoms with van der Waals surface area (Å²) in [6.45, 7) is 2.63. The Balaban J connectivity index is 2.15. The number of hydrogen-bond acceptors (Lipinski definition) is 2. The van der Waals surface area contributed by atoms with Gasteiger partial charge in [0.15, 0.2) is 0 Å². The van der Waals surface area contributed by atoms with Gasteiger partial charge in [-0.3, -0.25) is 0 Å². The molecule has 1 saturated carbocycles. The monoisotopic (exact) mass is 127 g/mol. The minimum atomic E-state index is 0.519. The van der Waals surface area contributed by atoms with Gasteiger partial charge >= 0.3 is 0 Å². The minimum absolute atomic E-state index is 0.519. The van der Waals surface area contributed by atoms with Crippen LogP contribution in [0.15, 0.2) is 5.18 Å². The van der Waals surface area contributed by atoms with Crippen LogP contribution in [0.1, 0.15) is 26.2 Å². The van der Waals surface area contributed by atoms with Crippen molar-refractivity contribution >= 4 is 0 Å². The van der Waals surface area contributed by atoms with Gasteiger partial charge in [0.1, 0.15) is 0 Å². The van der Waals surface area contributed by atoms with E-state index < -0.39 is 0 Å². The molecule has 0 spiro atoms. The average Bonchev–Trinajstić information content (AvgIpc) is 1.60. The summed E-state index contributed by atoms with van der Waals surface area (Å²) < 4.78 is 0. The molecule has 1 fully saturated rings. The van der Waals surface area contributed by atoms with Crippen LogP contribution in [0.5, 0.6) is 0 Å². The van der Waals surface area contributed by atoms with Crippen molar-refractivity contribution in [3.63, 3.8) is 0 Å². The molecule has 0 amide bonds. The van der Waals surface area contributed by atoms with Crippen LogP contribution in [0.25, 0.3) is 0 Å². The lowest BCUT2D eigenvalue weighted by Gasteiger charge is -2.29. The first-order valence-electron chi connectivity index (χ1n) is 3.63. The Morgan fingerprint density at radius 3 is 2.67 bits per heavy atom. The van der Waals surface area contributed by atoms with E-state index in [-0.39, 0.29) is 0 Å². The average molecular weight is 127 g/mol. The summed E-state index contributed by atoms with van der Waals surface area (Å²) in [6, 6.07) is 0. The van der Waals surface area contributed by atoms with Crippen molar-refractivity contribution in [1.82, 2.24) is 0 Å². The van der Waals surface area contributed by atoms with Gasteiger partial charge in [-0.1, -0.05) is 31.4 Å². The van der Waals surface area contributed by atoms with Crippen LogP contribution in [0.4, 0.5) is 0 Å². The van der Waals surface area contributed by atoms with Crippen LogP contribution in [0.3, 0.4) is 0 Å². The molecule has 1 unspecified atom stereocenters. The molecule has 0 saturated heterocycles. The smallest absolute Gasteiger partial charge is 0.0839 e. The highest BCUT2D eigenvalue weighted by atomic mass is 16.3. The maximum Gasteiger partial charge on any atom is 0.0839 e. The number of nitroso groups, excluding NO2 is 1. The van der Waals surface area contributed by atoms with Crippen LogP contribution in [-0.4, -0.2) is 6.54 Å². The molecule has 0 aromatic carbocycles. The summed E-state index contributed by atoms with van der Waals surface area (Å²) in [7, 11) is 0. The fraction of sp³-hybridized carbons (Fsp3) is 1.00. The van der Waals surface area contributed by atoms with Gasteiger partial charge in [-0.15, -0.1) is 0 Å². The summed E-state index contributed by atoms with van der Waals surface area (Å²) in [5.74, 6) is 1.35. The van der Waals surface area contributed by atoms with Gasteiger partial charge < -0.3 is 0 Å². The Morgan fingerprint density at radius 2 is 2.33 bits per heavy atom. The number of nitrogens with zero attached hydrogens (tertiary/aromatic N) is 1. The van der Waals surface area contributed by atoms with Crippen molar-refractivity contribution < 1.29 is 0 Å². The Kier molecular flexibility index (Phi) is 2.20. The van der Waals surface area contributed by atoms with Gasteiger partial charge in [0, 0.05) is 0 Å². The van der Waals surface area contributed by atoms with Crippen molar-refractivity contribution in [1.29, 1.82) is 0 Å². The first-order valence-corrected chi connectivity index (χ1v) is 3.63. The molecule has 1 aliphatic carbocycles. The summed E-state index contributed by atoms with van der Waals surface area (Å²) in [5, 5.41) is 2.89. The van der Waals surface area contributed by atoms with Gasteiger partial charge in [0.05, 0.1) is 6.54 Å². The third kappa shape index (κ3) is 1.50. The second-order valence-electron chi connectivity index (χ2n) is 2.98. The van der Waals surface area contributed by atoms with Gasteiger partial charge in [-0.2, -0.15) is 4.91 Å². The maximum absolute atomic E-state index is 9.81.